The first-order valence-electron chi connectivity index (χ1n) is 5.47. The number of urea groups is 1. The minimum Gasteiger partial charge on any atom is -0.264 e. The average molecular weight is 243 g/mol. The number of aromatic nitrogens is 1. The number of rotatable bonds is 4. The molecule has 2 rings (SSSR count). The molecule has 6 heteroatoms. The fraction of sp³-hybridized carbons (Fsp3) is 0.167. The third kappa shape index (κ3) is 3.00. The Morgan fingerprint density at radius 1 is 1.61 bits per heavy atom. The monoisotopic (exact) mass is 243 g/mol. The molecule has 0 bridgehead atoms. The Morgan fingerprint density at radius 3 is 3.22 bits per heavy atom. The molecule has 18 heavy (non-hydrogen) atoms. The number of allylic oxidation sites excluding steroid dienone is 1. The lowest BCUT2D eigenvalue weighted by Crippen LogP contribution is -2.42. The second-order valence-electron chi connectivity index (χ2n) is 3.68. The normalized spacial score (nSPS) is 15.4. The van der Waals surface area contributed by atoms with Crippen molar-refractivity contribution in [2.45, 2.75) is 6.42 Å². The summed E-state index contributed by atoms with van der Waals surface area (Å²) >= 11 is 0. The van der Waals surface area contributed by atoms with E-state index in [1.807, 2.05) is 12.1 Å². The number of pyridine rings is 1. The summed E-state index contributed by atoms with van der Waals surface area (Å²) in [5.74, 6) is 0. The predicted molar refractivity (Wildman–Crippen MR) is 69.3 cm³/mol. The van der Waals surface area contributed by atoms with Crippen LogP contribution in [0.4, 0.5) is 4.79 Å². The summed E-state index contributed by atoms with van der Waals surface area (Å²) in [6.45, 7) is 4.00. The summed E-state index contributed by atoms with van der Waals surface area (Å²) in [7, 11) is 0. The summed E-state index contributed by atoms with van der Waals surface area (Å²) in [6, 6.07) is 3.32. The van der Waals surface area contributed by atoms with Gasteiger partial charge in [-0.3, -0.25) is 4.98 Å². The first-order valence-corrected chi connectivity index (χ1v) is 5.47. The van der Waals surface area contributed by atoms with Crippen LogP contribution in [0.15, 0.2) is 47.4 Å². The van der Waals surface area contributed by atoms with E-state index in [2.05, 4.69) is 27.2 Å². The molecule has 0 fully saturated rings. The zero-order valence-corrected chi connectivity index (χ0v) is 9.78. The molecule has 0 aliphatic carbocycles. The van der Waals surface area contributed by atoms with E-state index in [0.717, 1.165) is 11.3 Å². The number of carbonyl (C=O) groups excluding carboxylic acids is 1. The smallest absolute Gasteiger partial charge is 0.264 e. The summed E-state index contributed by atoms with van der Waals surface area (Å²) < 4.78 is 0. The quantitative estimate of drug-likeness (QED) is 0.641. The zero-order chi connectivity index (χ0) is 12.8. The number of nitrogens with zero attached hydrogens (tertiary/aromatic N) is 4. The number of carbonyl (C=O) groups is 1. The molecule has 1 aromatic rings. The van der Waals surface area contributed by atoms with Crippen LogP contribution in [0.2, 0.25) is 0 Å². The van der Waals surface area contributed by atoms with Gasteiger partial charge >= 0.3 is 6.03 Å². The maximum Gasteiger partial charge on any atom is 0.358 e. The number of amides is 2. The van der Waals surface area contributed by atoms with Crippen LogP contribution in [0.3, 0.4) is 0 Å². The van der Waals surface area contributed by atoms with Crippen molar-refractivity contribution in [1.82, 2.24) is 15.4 Å². The molecule has 1 aliphatic heterocycles. The molecule has 1 aliphatic rings. The van der Waals surface area contributed by atoms with Crippen LogP contribution in [0.25, 0.3) is 0 Å². The van der Waals surface area contributed by atoms with Gasteiger partial charge in [0.2, 0.25) is 0 Å². The summed E-state index contributed by atoms with van der Waals surface area (Å²) in [4.78, 5) is 15.5. The predicted octanol–water partition coefficient (Wildman–Crippen LogP) is 1.37. The third-order valence-corrected chi connectivity index (χ3v) is 2.29. The van der Waals surface area contributed by atoms with E-state index in [-0.39, 0.29) is 6.03 Å². The Bertz CT molecular complexity index is 494. The summed E-state index contributed by atoms with van der Waals surface area (Å²) in [6.07, 6.45) is 7.30. The van der Waals surface area contributed by atoms with Crippen LogP contribution in [-0.2, 0) is 0 Å². The van der Waals surface area contributed by atoms with Crippen molar-refractivity contribution in [3.63, 3.8) is 0 Å². The Balaban J connectivity index is 2.05. The highest BCUT2D eigenvalue weighted by atomic mass is 16.2. The lowest BCUT2D eigenvalue weighted by molar-refractivity contribution is 0.204. The molecule has 1 N–H and O–H groups in total. The largest absolute Gasteiger partial charge is 0.358 e. The van der Waals surface area contributed by atoms with Crippen molar-refractivity contribution in [2.24, 2.45) is 10.2 Å². The molecule has 0 atom stereocenters. The molecular formula is C12H13N5O. The number of hydrogen-bond acceptors (Lipinski definition) is 4. The number of hydrazone groups is 2. The van der Waals surface area contributed by atoms with Crippen molar-refractivity contribution in [3.05, 3.63) is 42.7 Å². The molecule has 0 aromatic carbocycles. The molecule has 0 spiro atoms. The molecule has 2 heterocycles. The van der Waals surface area contributed by atoms with E-state index in [1.54, 1.807) is 24.7 Å². The molecule has 0 saturated carbocycles. The summed E-state index contributed by atoms with van der Waals surface area (Å²) in [5, 5.41) is 9.35. The Labute approximate surface area is 105 Å². The molecule has 0 radical (unpaired) electrons. The van der Waals surface area contributed by atoms with Crippen LogP contribution in [0.1, 0.15) is 12.0 Å². The number of nitrogens with one attached hydrogen (secondary N) is 1. The fourth-order valence-corrected chi connectivity index (χ4v) is 1.42. The second-order valence-corrected chi connectivity index (χ2v) is 3.68. The van der Waals surface area contributed by atoms with Crippen LogP contribution in [0.5, 0.6) is 0 Å². The van der Waals surface area contributed by atoms with Crippen molar-refractivity contribution in [3.8, 4) is 0 Å². The van der Waals surface area contributed by atoms with E-state index in [0.29, 0.717) is 13.0 Å². The molecule has 0 unspecified atom stereocenters. The van der Waals surface area contributed by atoms with Gasteiger partial charge in [-0.15, -0.1) is 6.58 Å². The first-order chi connectivity index (χ1) is 8.79. The van der Waals surface area contributed by atoms with Crippen molar-refractivity contribution in [2.75, 3.05) is 6.54 Å². The third-order valence-electron chi connectivity index (χ3n) is 2.29. The van der Waals surface area contributed by atoms with Crippen LogP contribution in [-0.4, -0.2) is 34.5 Å². The minimum absolute atomic E-state index is 0.344. The van der Waals surface area contributed by atoms with Gasteiger partial charge in [-0.25, -0.2) is 15.2 Å². The molecule has 1 aromatic heterocycles. The van der Waals surface area contributed by atoms with Gasteiger partial charge in [-0.05, 0) is 6.07 Å². The van der Waals surface area contributed by atoms with Gasteiger partial charge in [-0.1, -0.05) is 12.1 Å². The van der Waals surface area contributed by atoms with E-state index in [9.17, 15) is 4.79 Å². The minimum atomic E-state index is -0.344. The van der Waals surface area contributed by atoms with E-state index in [1.165, 1.54) is 5.01 Å². The maximum atomic E-state index is 11.5. The SMILES string of the molecule is C=CCC1=NNC(=O)N(/N=C/c2cccnc2)C1. The van der Waals surface area contributed by atoms with Gasteiger partial charge in [0, 0.05) is 24.4 Å². The van der Waals surface area contributed by atoms with Gasteiger partial charge in [0.25, 0.3) is 0 Å². The average Bonchev–Trinajstić information content (AvgIpc) is 2.41. The Hall–Kier alpha value is -2.50. The molecule has 2 amide bonds. The van der Waals surface area contributed by atoms with Crippen LogP contribution >= 0.6 is 0 Å². The van der Waals surface area contributed by atoms with Crippen molar-refractivity contribution in [1.29, 1.82) is 0 Å². The second kappa shape index (κ2) is 5.72. The molecule has 0 saturated heterocycles. The first kappa shape index (κ1) is 12.0. The topological polar surface area (TPSA) is 70.0 Å². The highest BCUT2D eigenvalue weighted by Gasteiger charge is 2.18. The molecular weight excluding hydrogens is 230 g/mol. The van der Waals surface area contributed by atoms with Gasteiger partial charge in [0.05, 0.1) is 18.5 Å². The van der Waals surface area contributed by atoms with E-state index in [4.69, 9.17) is 0 Å². The standard InChI is InChI=1S/C12H13N5O/c1-2-4-11-9-17(12(18)16-15-11)14-8-10-5-3-6-13-7-10/h2-3,5-8H,1,4,9H2,(H,16,18)/b14-8+. The van der Waals surface area contributed by atoms with E-state index < -0.39 is 0 Å². The van der Waals surface area contributed by atoms with Crippen molar-refractivity contribution < 1.29 is 4.79 Å². The summed E-state index contributed by atoms with van der Waals surface area (Å²) in [5.41, 5.74) is 4.05. The van der Waals surface area contributed by atoms with Crippen molar-refractivity contribution >= 4 is 18.0 Å². The van der Waals surface area contributed by atoms with Gasteiger partial charge in [-0.2, -0.15) is 10.2 Å². The Kier molecular flexibility index (Phi) is 3.80. The fourth-order valence-electron chi connectivity index (χ4n) is 1.42. The van der Waals surface area contributed by atoms with Gasteiger partial charge < -0.3 is 0 Å². The van der Waals surface area contributed by atoms with Gasteiger partial charge in [0.1, 0.15) is 0 Å². The van der Waals surface area contributed by atoms with Crippen LogP contribution < -0.4 is 5.43 Å². The zero-order valence-electron chi connectivity index (χ0n) is 9.78. The lowest BCUT2D eigenvalue weighted by atomic mass is 10.2. The Morgan fingerprint density at radius 2 is 2.50 bits per heavy atom. The van der Waals surface area contributed by atoms with Gasteiger partial charge in [0.15, 0.2) is 0 Å². The van der Waals surface area contributed by atoms with Crippen LogP contribution in [0, 0.1) is 0 Å². The molecule has 92 valence electrons. The highest BCUT2D eigenvalue weighted by Crippen LogP contribution is 2.02. The maximum absolute atomic E-state index is 11.5. The van der Waals surface area contributed by atoms with E-state index >= 15 is 0 Å². The molecule has 6 nitrogen and oxygen atoms in total. The number of hydrogen-bond donors (Lipinski definition) is 1. The highest BCUT2D eigenvalue weighted by molar-refractivity contribution is 5.94. The lowest BCUT2D eigenvalue weighted by Gasteiger charge is -2.21.